The molecule has 0 spiro atoms. The molecule has 2 heterocycles. The predicted octanol–water partition coefficient (Wildman–Crippen LogP) is 1.67. The molecule has 0 radical (unpaired) electrons. The van der Waals surface area contributed by atoms with Crippen LogP contribution >= 0.6 is 0 Å². The first kappa shape index (κ1) is 16.1. The van der Waals surface area contributed by atoms with E-state index in [9.17, 15) is 19.7 Å². The number of aromatic nitrogens is 2. The van der Waals surface area contributed by atoms with Gasteiger partial charge in [-0.25, -0.2) is 0 Å². The van der Waals surface area contributed by atoms with Crippen molar-refractivity contribution in [3.05, 3.63) is 46.2 Å². The number of nitro groups is 1. The molecule has 2 aromatic rings. The van der Waals surface area contributed by atoms with Crippen molar-refractivity contribution in [1.29, 1.82) is 5.26 Å². The van der Waals surface area contributed by atoms with Gasteiger partial charge in [0, 0.05) is 13.0 Å². The molecule has 0 saturated heterocycles. The van der Waals surface area contributed by atoms with E-state index in [1.165, 1.54) is 17.1 Å². The minimum absolute atomic E-state index is 0.0142. The summed E-state index contributed by atoms with van der Waals surface area (Å²) in [5, 5.41) is 23.4. The van der Waals surface area contributed by atoms with Crippen LogP contribution in [0.1, 0.15) is 22.5 Å². The molecule has 2 aromatic heterocycles. The van der Waals surface area contributed by atoms with Crippen LogP contribution in [0, 0.1) is 34.3 Å². The lowest BCUT2D eigenvalue weighted by molar-refractivity contribution is -0.385. The van der Waals surface area contributed by atoms with E-state index in [2.05, 4.69) is 5.10 Å². The smallest absolute Gasteiger partial charge is 0.306 e. The summed E-state index contributed by atoms with van der Waals surface area (Å²) in [5.41, 5.74) is 0.349. The molecule has 118 valence electrons. The van der Waals surface area contributed by atoms with Crippen molar-refractivity contribution in [3.63, 3.8) is 0 Å². The second-order valence-corrected chi connectivity index (χ2v) is 4.79. The molecule has 0 fully saturated rings. The van der Waals surface area contributed by atoms with Gasteiger partial charge in [-0.2, -0.15) is 10.4 Å². The Hall–Kier alpha value is -3.28. The Morgan fingerprint density at radius 1 is 1.57 bits per heavy atom. The fourth-order valence-electron chi connectivity index (χ4n) is 1.97. The van der Waals surface area contributed by atoms with Gasteiger partial charge in [-0.3, -0.25) is 24.4 Å². The Labute approximate surface area is 130 Å². The lowest BCUT2D eigenvalue weighted by Gasteiger charge is -2.06. The second-order valence-electron chi connectivity index (χ2n) is 4.79. The fourth-order valence-corrected chi connectivity index (χ4v) is 1.97. The predicted molar refractivity (Wildman–Crippen MR) is 75.4 cm³/mol. The van der Waals surface area contributed by atoms with Crippen LogP contribution in [-0.4, -0.2) is 26.3 Å². The topological polar surface area (TPSA) is 132 Å². The Kier molecular flexibility index (Phi) is 4.66. The Bertz CT molecular complexity index is 798. The lowest BCUT2D eigenvalue weighted by Crippen LogP contribution is -2.24. The number of furan rings is 1. The number of carbonyl (C=O) groups excluding carboxylic acids is 2. The van der Waals surface area contributed by atoms with Crippen LogP contribution in [0.4, 0.5) is 5.69 Å². The van der Waals surface area contributed by atoms with E-state index in [0.717, 1.165) is 6.20 Å². The van der Waals surface area contributed by atoms with Gasteiger partial charge in [-0.1, -0.05) is 0 Å². The molecule has 9 nitrogen and oxygen atoms in total. The third-order valence-electron chi connectivity index (χ3n) is 3.22. The normalized spacial score (nSPS) is 11.7. The Morgan fingerprint density at radius 2 is 2.30 bits per heavy atom. The molecule has 0 aliphatic carbocycles. The van der Waals surface area contributed by atoms with E-state index in [0.29, 0.717) is 5.56 Å². The lowest BCUT2D eigenvalue weighted by atomic mass is 9.95. The summed E-state index contributed by atoms with van der Waals surface area (Å²) in [4.78, 5) is 34.2. The third-order valence-corrected chi connectivity index (χ3v) is 3.22. The van der Waals surface area contributed by atoms with Gasteiger partial charge in [-0.15, -0.1) is 0 Å². The van der Waals surface area contributed by atoms with Crippen molar-refractivity contribution >= 4 is 17.3 Å². The molecule has 2 rings (SSSR count). The van der Waals surface area contributed by atoms with E-state index in [4.69, 9.17) is 9.68 Å². The zero-order valence-corrected chi connectivity index (χ0v) is 12.1. The number of carbonyl (C=O) groups is 2. The number of rotatable bonds is 7. The maximum absolute atomic E-state index is 12.2. The molecule has 1 unspecified atom stereocenters. The van der Waals surface area contributed by atoms with Crippen LogP contribution in [0.5, 0.6) is 0 Å². The third kappa shape index (κ3) is 3.49. The van der Waals surface area contributed by atoms with Crippen molar-refractivity contribution in [3.8, 4) is 6.07 Å². The first-order valence-corrected chi connectivity index (χ1v) is 6.61. The molecule has 0 amide bonds. The minimum Gasteiger partial charge on any atom is -0.461 e. The standard InChI is InChI=1S/C14H12N4O5/c1-9-3-5-23-14(9)13(20)11(6-15)12(19)2-4-17-8-10(7-16-17)18(21)22/h3,5,7-8,11H,2,4H2,1H3. The van der Waals surface area contributed by atoms with Crippen molar-refractivity contribution in [2.45, 2.75) is 19.9 Å². The van der Waals surface area contributed by atoms with E-state index in [1.54, 1.807) is 19.1 Å². The van der Waals surface area contributed by atoms with Gasteiger partial charge in [0.2, 0.25) is 5.78 Å². The number of ketones is 2. The number of Topliss-reactive ketones (excluding diaryl/α,β-unsaturated/α-hetero) is 2. The summed E-state index contributed by atoms with van der Waals surface area (Å²) in [5.74, 6) is -2.76. The zero-order chi connectivity index (χ0) is 17.0. The largest absolute Gasteiger partial charge is 0.461 e. The molecule has 23 heavy (non-hydrogen) atoms. The fraction of sp³-hybridized carbons (Fsp3) is 0.286. The van der Waals surface area contributed by atoms with Gasteiger partial charge in [-0.05, 0) is 18.6 Å². The number of nitriles is 1. The highest BCUT2D eigenvalue weighted by molar-refractivity contribution is 6.12. The summed E-state index contributed by atoms with van der Waals surface area (Å²) in [7, 11) is 0. The van der Waals surface area contributed by atoms with E-state index >= 15 is 0 Å². The van der Waals surface area contributed by atoms with E-state index < -0.39 is 22.4 Å². The van der Waals surface area contributed by atoms with Crippen LogP contribution < -0.4 is 0 Å². The summed E-state index contributed by atoms with van der Waals surface area (Å²) < 4.78 is 6.22. The van der Waals surface area contributed by atoms with Gasteiger partial charge in [0.15, 0.2) is 17.5 Å². The monoisotopic (exact) mass is 316 g/mol. The molecule has 0 aliphatic heterocycles. The molecule has 0 aliphatic rings. The zero-order valence-electron chi connectivity index (χ0n) is 12.1. The summed E-state index contributed by atoms with van der Waals surface area (Å²) in [6.45, 7) is 1.67. The second kappa shape index (κ2) is 6.65. The molecular formula is C14H12N4O5. The van der Waals surface area contributed by atoms with E-state index in [1.807, 2.05) is 0 Å². The summed E-state index contributed by atoms with van der Waals surface area (Å²) in [6, 6.07) is 3.24. The molecule has 0 bridgehead atoms. The highest BCUT2D eigenvalue weighted by Crippen LogP contribution is 2.17. The summed E-state index contributed by atoms with van der Waals surface area (Å²) >= 11 is 0. The number of hydrogen-bond donors (Lipinski definition) is 0. The minimum atomic E-state index is -1.47. The molecule has 0 N–H and O–H groups in total. The Balaban J connectivity index is 2.03. The SMILES string of the molecule is Cc1ccoc1C(=O)C(C#N)C(=O)CCn1cc([N+](=O)[O-])cn1. The molecule has 1 atom stereocenters. The van der Waals surface area contributed by atoms with Crippen LogP contribution in [0.2, 0.25) is 0 Å². The van der Waals surface area contributed by atoms with Gasteiger partial charge < -0.3 is 4.42 Å². The number of hydrogen-bond acceptors (Lipinski definition) is 7. The highest BCUT2D eigenvalue weighted by atomic mass is 16.6. The van der Waals surface area contributed by atoms with Crippen molar-refractivity contribution in [2.75, 3.05) is 0 Å². The van der Waals surface area contributed by atoms with Crippen LogP contribution in [0.15, 0.2) is 29.1 Å². The van der Waals surface area contributed by atoms with Gasteiger partial charge in [0.05, 0.1) is 17.3 Å². The van der Waals surface area contributed by atoms with Crippen LogP contribution in [-0.2, 0) is 11.3 Å². The molecule has 0 saturated carbocycles. The first-order chi connectivity index (χ1) is 10.9. The average molecular weight is 316 g/mol. The van der Waals surface area contributed by atoms with Crippen molar-refractivity contribution in [2.24, 2.45) is 5.92 Å². The molecular weight excluding hydrogens is 304 g/mol. The average Bonchev–Trinajstić information content (AvgIpc) is 3.14. The van der Waals surface area contributed by atoms with Crippen molar-refractivity contribution < 1.29 is 18.9 Å². The number of nitrogens with zero attached hydrogens (tertiary/aromatic N) is 4. The number of aryl methyl sites for hydroxylation is 2. The molecule has 9 heteroatoms. The Morgan fingerprint density at radius 3 is 2.83 bits per heavy atom. The van der Waals surface area contributed by atoms with Crippen LogP contribution in [0.25, 0.3) is 0 Å². The maximum Gasteiger partial charge on any atom is 0.306 e. The highest BCUT2D eigenvalue weighted by Gasteiger charge is 2.30. The summed E-state index contributed by atoms with van der Waals surface area (Å²) in [6.07, 6.45) is 3.39. The maximum atomic E-state index is 12.2. The van der Waals surface area contributed by atoms with Crippen molar-refractivity contribution in [1.82, 2.24) is 9.78 Å². The quantitative estimate of drug-likeness (QED) is 0.328. The van der Waals surface area contributed by atoms with Gasteiger partial charge in [0.25, 0.3) is 0 Å². The van der Waals surface area contributed by atoms with Gasteiger partial charge >= 0.3 is 5.69 Å². The first-order valence-electron chi connectivity index (χ1n) is 6.61. The van der Waals surface area contributed by atoms with Gasteiger partial charge in [0.1, 0.15) is 12.4 Å². The van der Waals surface area contributed by atoms with E-state index in [-0.39, 0.29) is 24.4 Å². The van der Waals surface area contributed by atoms with Crippen LogP contribution in [0.3, 0.4) is 0 Å². The molecule has 0 aromatic carbocycles.